The molecule has 1 amide bonds. The third-order valence-electron chi connectivity index (χ3n) is 5.92. The number of carbonyl (C=O) groups excluding carboxylic acids is 1. The standard InChI is InChI=1S/C27H35N3O3/c1-5-6-8-13-23-14-24-26(28-15-23)33-25(18-29(4)17-22-11-9-7-10-12-22)20(2)16-30(27(24)32)21(3)19-31/h7,9-12,14-15,20-21,25,31H,5-6,16-19H2,1-4H3/t20-,21+,25+/m1/s1. The number of amides is 1. The fraction of sp³-hybridized carbons (Fsp3) is 0.481. The molecule has 3 rings (SSSR count). The van der Waals surface area contributed by atoms with E-state index in [4.69, 9.17) is 4.74 Å². The van der Waals surface area contributed by atoms with Crippen LogP contribution in [0.1, 0.15) is 55.1 Å². The number of hydrogen-bond acceptors (Lipinski definition) is 5. The van der Waals surface area contributed by atoms with E-state index in [1.165, 1.54) is 5.56 Å². The number of fused-ring (bicyclic) bond motifs is 1. The Morgan fingerprint density at radius 2 is 2.09 bits per heavy atom. The number of ether oxygens (including phenoxy) is 1. The fourth-order valence-corrected chi connectivity index (χ4v) is 3.94. The van der Waals surface area contributed by atoms with Crippen LogP contribution < -0.4 is 4.74 Å². The molecule has 0 bridgehead atoms. The number of likely N-dealkylation sites (N-methyl/N-ethyl adjacent to an activating group) is 1. The van der Waals surface area contributed by atoms with Crippen LogP contribution in [0.3, 0.4) is 0 Å². The van der Waals surface area contributed by atoms with Crippen LogP contribution in [0.5, 0.6) is 5.88 Å². The van der Waals surface area contributed by atoms with E-state index >= 15 is 0 Å². The lowest BCUT2D eigenvalue weighted by Crippen LogP contribution is -2.49. The molecule has 1 aliphatic heterocycles. The van der Waals surface area contributed by atoms with E-state index in [0.717, 1.165) is 19.4 Å². The van der Waals surface area contributed by atoms with Crippen molar-refractivity contribution in [3.8, 4) is 17.7 Å². The van der Waals surface area contributed by atoms with Crippen molar-refractivity contribution >= 4 is 5.91 Å². The van der Waals surface area contributed by atoms with Crippen LogP contribution in [0.2, 0.25) is 0 Å². The SMILES string of the molecule is CCCC#Cc1cnc2c(c1)C(=O)N([C@@H](C)CO)C[C@@H](C)[C@H](CN(C)Cc1ccccc1)O2. The number of pyridine rings is 1. The van der Waals surface area contributed by atoms with Gasteiger partial charge in [0.1, 0.15) is 11.7 Å². The lowest BCUT2D eigenvalue weighted by molar-refractivity contribution is 0.0325. The third-order valence-corrected chi connectivity index (χ3v) is 5.92. The molecule has 1 aromatic heterocycles. The monoisotopic (exact) mass is 449 g/mol. The second-order valence-electron chi connectivity index (χ2n) is 8.93. The molecule has 1 N–H and O–H groups in total. The first-order valence-electron chi connectivity index (χ1n) is 11.7. The Hall–Kier alpha value is -2.88. The number of nitrogens with zero attached hydrogens (tertiary/aromatic N) is 3. The van der Waals surface area contributed by atoms with Crippen molar-refractivity contribution in [3.05, 3.63) is 59.3 Å². The highest BCUT2D eigenvalue weighted by Crippen LogP contribution is 2.27. The number of carbonyl (C=O) groups is 1. The zero-order chi connectivity index (χ0) is 23.8. The van der Waals surface area contributed by atoms with Gasteiger partial charge in [0.15, 0.2) is 0 Å². The van der Waals surface area contributed by atoms with Crippen LogP contribution in [-0.2, 0) is 6.54 Å². The van der Waals surface area contributed by atoms with Crippen LogP contribution in [-0.4, -0.2) is 64.7 Å². The van der Waals surface area contributed by atoms with Gasteiger partial charge in [0.05, 0.1) is 12.6 Å². The number of rotatable bonds is 7. The first-order valence-corrected chi connectivity index (χ1v) is 11.7. The zero-order valence-electron chi connectivity index (χ0n) is 20.1. The highest BCUT2D eigenvalue weighted by Gasteiger charge is 2.34. The van der Waals surface area contributed by atoms with E-state index in [1.807, 2.05) is 25.1 Å². The molecule has 33 heavy (non-hydrogen) atoms. The second-order valence-corrected chi connectivity index (χ2v) is 8.93. The average Bonchev–Trinajstić information content (AvgIpc) is 2.82. The summed E-state index contributed by atoms with van der Waals surface area (Å²) in [5, 5.41) is 9.80. The molecule has 6 nitrogen and oxygen atoms in total. The number of aliphatic hydroxyl groups excluding tert-OH is 1. The lowest BCUT2D eigenvalue weighted by Gasteiger charge is -2.37. The van der Waals surface area contributed by atoms with Gasteiger partial charge in [-0.05, 0) is 32.0 Å². The highest BCUT2D eigenvalue weighted by atomic mass is 16.5. The molecule has 0 fully saturated rings. The predicted octanol–water partition coefficient (Wildman–Crippen LogP) is 3.59. The van der Waals surface area contributed by atoms with Crippen molar-refractivity contribution in [2.75, 3.05) is 26.7 Å². The van der Waals surface area contributed by atoms with Gasteiger partial charge in [0.25, 0.3) is 5.91 Å². The van der Waals surface area contributed by atoms with E-state index in [1.54, 1.807) is 17.2 Å². The van der Waals surface area contributed by atoms with Gasteiger partial charge in [-0.3, -0.25) is 9.69 Å². The summed E-state index contributed by atoms with van der Waals surface area (Å²) >= 11 is 0. The van der Waals surface area contributed by atoms with E-state index in [-0.39, 0.29) is 30.6 Å². The van der Waals surface area contributed by atoms with Gasteiger partial charge >= 0.3 is 0 Å². The maximum absolute atomic E-state index is 13.4. The summed E-state index contributed by atoms with van der Waals surface area (Å²) in [6, 6.07) is 11.8. The Balaban J connectivity index is 1.89. The van der Waals surface area contributed by atoms with Gasteiger partial charge in [0.2, 0.25) is 5.88 Å². The van der Waals surface area contributed by atoms with E-state index in [2.05, 4.69) is 54.8 Å². The first kappa shape index (κ1) is 24.8. The maximum Gasteiger partial charge on any atom is 0.259 e. The normalized spacial score (nSPS) is 19.1. The summed E-state index contributed by atoms with van der Waals surface area (Å²) in [5.41, 5.74) is 2.33. The zero-order valence-corrected chi connectivity index (χ0v) is 20.1. The molecule has 0 spiro atoms. The van der Waals surface area contributed by atoms with Gasteiger partial charge in [0, 0.05) is 43.7 Å². The lowest BCUT2D eigenvalue weighted by atomic mass is 9.99. The highest BCUT2D eigenvalue weighted by molar-refractivity contribution is 5.97. The van der Waals surface area contributed by atoms with E-state index < -0.39 is 0 Å². The largest absolute Gasteiger partial charge is 0.472 e. The molecule has 0 saturated carbocycles. The minimum absolute atomic E-state index is 0.0557. The van der Waals surface area contributed by atoms with Gasteiger partial charge in [-0.25, -0.2) is 4.98 Å². The molecule has 2 heterocycles. The van der Waals surface area contributed by atoms with Crippen LogP contribution in [0.4, 0.5) is 0 Å². The van der Waals surface area contributed by atoms with Crippen molar-refractivity contribution < 1.29 is 14.6 Å². The summed E-state index contributed by atoms with van der Waals surface area (Å²) in [4.78, 5) is 21.9. The molecule has 0 unspecified atom stereocenters. The van der Waals surface area contributed by atoms with Crippen molar-refractivity contribution in [1.82, 2.24) is 14.8 Å². The Morgan fingerprint density at radius 1 is 1.33 bits per heavy atom. The Kier molecular flexibility index (Phi) is 8.87. The van der Waals surface area contributed by atoms with E-state index in [9.17, 15) is 9.90 Å². The fourth-order valence-electron chi connectivity index (χ4n) is 3.94. The number of aliphatic hydroxyl groups is 1. The molecular formula is C27H35N3O3. The number of hydrogen-bond donors (Lipinski definition) is 1. The molecule has 0 radical (unpaired) electrons. The van der Waals surface area contributed by atoms with Crippen LogP contribution >= 0.6 is 0 Å². The molecule has 0 saturated heterocycles. The maximum atomic E-state index is 13.4. The summed E-state index contributed by atoms with van der Waals surface area (Å²) in [7, 11) is 2.07. The van der Waals surface area contributed by atoms with Crippen LogP contribution in [0.15, 0.2) is 42.6 Å². The topological polar surface area (TPSA) is 65.9 Å². The number of aromatic nitrogens is 1. The van der Waals surface area contributed by atoms with Crippen molar-refractivity contribution in [2.45, 2.75) is 52.3 Å². The van der Waals surface area contributed by atoms with Gasteiger partial charge < -0.3 is 14.7 Å². The molecular weight excluding hydrogens is 414 g/mol. The third kappa shape index (κ3) is 6.56. The average molecular weight is 450 g/mol. The number of unbranched alkanes of at least 4 members (excludes halogenated alkanes) is 1. The second kappa shape index (κ2) is 11.8. The first-order chi connectivity index (χ1) is 15.9. The Labute approximate surface area is 197 Å². The van der Waals surface area contributed by atoms with Crippen LogP contribution in [0.25, 0.3) is 0 Å². The number of benzene rings is 1. The smallest absolute Gasteiger partial charge is 0.259 e. The van der Waals surface area contributed by atoms with Crippen molar-refractivity contribution in [3.63, 3.8) is 0 Å². The van der Waals surface area contributed by atoms with Crippen molar-refractivity contribution in [1.29, 1.82) is 0 Å². The van der Waals surface area contributed by atoms with E-state index in [0.29, 0.717) is 30.1 Å². The Bertz CT molecular complexity index is 983. The molecule has 1 aliphatic rings. The summed E-state index contributed by atoms with van der Waals surface area (Å²) in [5.74, 6) is 6.41. The van der Waals surface area contributed by atoms with Crippen molar-refractivity contribution in [2.24, 2.45) is 5.92 Å². The Morgan fingerprint density at radius 3 is 2.79 bits per heavy atom. The minimum Gasteiger partial charge on any atom is -0.472 e. The predicted molar refractivity (Wildman–Crippen MR) is 130 cm³/mol. The molecule has 6 heteroatoms. The summed E-state index contributed by atoms with van der Waals surface area (Å²) in [6.45, 7) is 7.91. The summed E-state index contributed by atoms with van der Waals surface area (Å²) < 4.78 is 6.36. The molecule has 3 atom stereocenters. The van der Waals surface area contributed by atoms with Crippen LogP contribution in [0, 0.1) is 17.8 Å². The molecule has 1 aromatic carbocycles. The molecule has 2 aromatic rings. The van der Waals surface area contributed by atoms with Gasteiger partial charge in [-0.2, -0.15) is 0 Å². The minimum atomic E-state index is -0.302. The van der Waals surface area contributed by atoms with Gasteiger partial charge in [-0.15, -0.1) is 0 Å². The summed E-state index contributed by atoms with van der Waals surface area (Å²) in [6.07, 6.45) is 3.28. The van der Waals surface area contributed by atoms with Gasteiger partial charge in [-0.1, -0.05) is 56.0 Å². The molecule has 0 aliphatic carbocycles. The molecule has 176 valence electrons. The quantitative estimate of drug-likeness (QED) is 0.655.